The minimum absolute atomic E-state index is 0.294. The van der Waals surface area contributed by atoms with E-state index in [1.165, 1.54) is 25.3 Å². The van der Waals surface area contributed by atoms with E-state index in [9.17, 15) is 4.39 Å². The lowest BCUT2D eigenvalue weighted by molar-refractivity contribution is 0.414. The first-order chi connectivity index (χ1) is 4.74. The molecule has 0 bridgehead atoms. The Morgan fingerprint density at radius 2 is 2.20 bits per heavy atom. The summed E-state index contributed by atoms with van der Waals surface area (Å²) in [6.07, 6.45) is 0. The summed E-state index contributed by atoms with van der Waals surface area (Å²) in [6, 6.07) is 3.99. The highest BCUT2D eigenvalue weighted by molar-refractivity contribution is 6.32. The molecular weight excluding hydrogens is 154 g/mol. The molecule has 0 saturated heterocycles. The molecule has 0 saturated carbocycles. The summed E-state index contributed by atoms with van der Waals surface area (Å²) in [5.41, 5.74) is 0. The van der Waals surface area contributed by atoms with Crippen molar-refractivity contribution in [1.29, 1.82) is 0 Å². The predicted octanol–water partition coefficient (Wildman–Crippen LogP) is 2.49. The van der Waals surface area contributed by atoms with Crippen LogP contribution < -0.4 is 4.74 Å². The van der Waals surface area contributed by atoms with Crippen molar-refractivity contribution in [2.45, 2.75) is 0 Å². The van der Waals surface area contributed by atoms with Crippen LogP contribution in [0.2, 0.25) is 5.02 Å². The smallest absolute Gasteiger partial charge is 0.137 e. The summed E-state index contributed by atoms with van der Waals surface area (Å²) >= 11 is 5.56. The Balaban J connectivity index is 3.07. The van der Waals surface area contributed by atoms with Crippen LogP contribution in [0, 0.1) is 5.82 Å². The Morgan fingerprint density at radius 1 is 1.50 bits per heavy atom. The van der Waals surface area contributed by atoms with E-state index in [4.69, 9.17) is 16.3 Å². The third-order valence-electron chi connectivity index (χ3n) is 1.11. The van der Waals surface area contributed by atoms with E-state index in [0.29, 0.717) is 10.8 Å². The lowest BCUT2D eigenvalue weighted by Crippen LogP contribution is -1.83. The van der Waals surface area contributed by atoms with Gasteiger partial charge in [0.15, 0.2) is 0 Å². The number of benzene rings is 1. The largest absolute Gasteiger partial charge is 0.495 e. The zero-order valence-electron chi connectivity index (χ0n) is 5.40. The molecule has 3 heteroatoms. The average Bonchev–Trinajstić information content (AvgIpc) is 1.88. The van der Waals surface area contributed by atoms with E-state index in [2.05, 4.69) is 0 Å². The van der Waals surface area contributed by atoms with Crippen LogP contribution in [0.5, 0.6) is 5.75 Å². The van der Waals surface area contributed by atoms with E-state index in [1.807, 2.05) is 0 Å². The Labute approximate surface area is 63.4 Å². The van der Waals surface area contributed by atoms with E-state index in [1.54, 1.807) is 0 Å². The molecule has 0 aliphatic heterocycles. The Hall–Kier alpha value is -0.760. The van der Waals surface area contributed by atoms with Gasteiger partial charge in [0.05, 0.1) is 12.1 Å². The second kappa shape index (κ2) is 2.88. The highest BCUT2D eigenvalue weighted by atomic mass is 35.5. The summed E-state index contributed by atoms with van der Waals surface area (Å²) < 4.78 is 17.1. The molecule has 0 fully saturated rings. The van der Waals surface area contributed by atoms with Crippen molar-refractivity contribution >= 4 is 11.6 Å². The van der Waals surface area contributed by atoms with Gasteiger partial charge in [-0.2, -0.15) is 0 Å². The normalized spacial score (nSPS) is 9.50. The second-order valence-electron chi connectivity index (χ2n) is 1.78. The molecule has 54 valence electrons. The molecule has 10 heavy (non-hydrogen) atoms. The highest BCUT2D eigenvalue weighted by Gasteiger charge is 1.99. The number of ether oxygens (including phenoxy) is 1. The van der Waals surface area contributed by atoms with Gasteiger partial charge in [0.2, 0.25) is 0 Å². The van der Waals surface area contributed by atoms with Crippen LogP contribution in [0.15, 0.2) is 18.2 Å². The molecule has 0 spiro atoms. The van der Waals surface area contributed by atoms with Crippen LogP contribution in [-0.2, 0) is 0 Å². The molecule has 0 heterocycles. The average molecular weight is 160 g/mol. The van der Waals surface area contributed by atoms with Crippen LogP contribution in [0.25, 0.3) is 0 Å². The number of halogens is 2. The maximum atomic E-state index is 12.3. The lowest BCUT2D eigenvalue weighted by Gasteiger charge is -2.00. The van der Waals surface area contributed by atoms with Crippen molar-refractivity contribution in [3.05, 3.63) is 29.0 Å². The number of methoxy groups -OCH3 is 1. The molecule has 0 N–H and O–H groups in total. The second-order valence-corrected chi connectivity index (χ2v) is 2.19. The topological polar surface area (TPSA) is 9.23 Å². The zero-order valence-corrected chi connectivity index (χ0v) is 6.15. The fraction of sp³-hybridized carbons (Fsp3) is 0.143. The molecule has 0 aliphatic rings. The maximum absolute atomic E-state index is 12.3. The predicted molar refractivity (Wildman–Crippen MR) is 38.0 cm³/mol. The van der Waals surface area contributed by atoms with Gasteiger partial charge >= 0.3 is 0 Å². The van der Waals surface area contributed by atoms with E-state index in [0.717, 1.165) is 0 Å². The van der Waals surface area contributed by atoms with E-state index >= 15 is 0 Å². The van der Waals surface area contributed by atoms with E-state index in [-0.39, 0.29) is 5.82 Å². The van der Waals surface area contributed by atoms with Gasteiger partial charge in [0.1, 0.15) is 11.6 Å². The molecule has 1 rings (SSSR count). The standard InChI is InChI=1S/C7H6ClFO/c1-10-7-3-2-5(9)4-6(7)8/h2-4H,1H3/i9-1. The lowest BCUT2D eigenvalue weighted by atomic mass is 10.3. The fourth-order valence-corrected chi connectivity index (χ4v) is 0.885. The van der Waals surface area contributed by atoms with Gasteiger partial charge in [-0.1, -0.05) is 11.6 Å². The van der Waals surface area contributed by atoms with Crippen LogP contribution in [-0.4, -0.2) is 7.11 Å². The Bertz CT molecular complexity index is 237. The third-order valence-corrected chi connectivity index (χ3v) is 1.41. The summed E-state index contributed by atoms with van der Waals surface area (Å²) in [7, 11) is 1.49. The van der Waals surface area contributed by atoms with Crippen LogP contribution >= 0.6 is 11.6 Å². The monoisotopic (exact) mass is 159 g/mol. The van der Waals surface area contributed by atoms with Crippen LogP contribution in [0.1, 0.15) is 0 Å². The van der Waals surface area contributed by atoms with Gasteiger partial charge in [-0.25, -0.2) is 4.39 Å². The first kappa shape index (κ1) is 7.35. The molecule has 1 aromatic carbocycles. The van der Waals surface area contributed by atoms with Crippen molar-refractivity contribution in [2.24, 2.45) is 0 Å². The zero-order chi connectivity index (χ0) is 7.56. The molecule has 0 amide bonds. The first-order valence-corrected chi connectivity index (χ1v) is 3.11. The van der Waals surface area contributed by atoms with Crippen molar-refractivity contribution in [3.8, 4) is 5.75 Å². The first-order valence-electron chi connectivity index (χ1n) is 2.73. The summed E-state index contributed by atoms with van der Waals surface area (Å²) in [5, 5.41) is 0.294. The molecule has 1 aromatic rings. The van der Waals surface area contributed by atoms with Crippen LogP contribution in [0.4, 0.5) is 4.39 Å². The van der Waals surface area contributed by atoms with E-state index < -0.39 is 0 Å². The molecule has 0 unspecified atom stereocenters. The van der Waals surface area contributed by atoms with Gasteiger partial charge < -0.3 is 4.74 Å². The van der Waals surface area contributed by atoms with Gasteiger partial charge in [-0.15, -0.1) is 0 Å². The molecule has 0 aliphatic carbocycles. The van der Waals surface area contributed by atoms with Crippen molar-refractivity contribution in [3.63, 3.8) is 0 Å². The van der Waals surface area contributed by atoms with Gasteiger partial charge in [-0.05, 0) is 18.2 Å². The molecule has 0 atom stereocenters. The summed E-state index contributed by atoms with van der Waals surface area (Å²) in [4.78, 5) is 0. The van der Waals surface area contributed by atoms with Gasteiger partial charge in [0, 0.05) is 0 Å². The third kappa shape index (κ3) is 1.39. The molecule has 1 nitrogen and oxygen atoms in total. The molecular formula is C7H6ClFO. The van der Waals surface area contributed by atoms with Crippen LogP contribution in [0.3, 0.4) is 0 Å². The van der Waals surface area contributed by atoms with Gasteiger partial charge in [-0.3, -0.25) is 0 Å². The Kier molecular flexibility index (Phi) is 2.12. The Morgan fingerprint density at radius 3 is 2.70 bits per heavy atom. The van der Waals surface area contributed by atoms with Crippen molar-refractivity contribution in [1.82, 2.24) is 0 Å². The summed E-state index contributed by atoms with van der Waals surface area (Å²) in [6.45, 7) is 0. The summed E-state index contributed by atoms with van der Waals surface area (Å²) in [5.74, 6) is 0.133. The van der Waals surface area contributed by atoms with Crippen molar-refractivity contribution < 1.29 is 9.13 Å². The van der Waals surface area contributed by atoms with Gasteiger partial charge in [0.25, 0.3) is 0 Å². The minimum atomic E-state index is -0.356. The highest BCUT2D eigenvalue weighted by Crippen LogP contribution is 2.23. The van der Waals surface area contributed by atoms with Crippen molar-refractivity contribution in [2.75, 3.05) is 7.11 Å². The number of hydrogen-bond acceptors (Lipinski definition) is 1. The fourth-order valence-electron chi connectivity index (χ4n) is 0.641. The molecule has 0 aromatic heterocycles. The quantitative estimate of drug-likeness (QED) is 0.612. The number of rotatable bonds is 1. The maximum Gasteiger partial charge on any atom is 0.137 e. The SMILES string of the molecule is COc1ccc([18F])cc1Cl. The minimum Gasteiger partial charge on any atom is -0.495 e. The number of hydrogen-bond donors (Lipinski definition) is 0. The molecule has 0 radical (unpaired) electrons.